The van der Waals surface area contributed by atoms with Gasteiger partial charge in [-0.3, -0.25) is 9.20 Å². The predicted molar refractivity (Wildman–Crippen MR) is 76.0 cm³/mol. The Labute approximate surface area is 116 Å². The van der Waals surface area contributed by atoms with Crippen molar-refractivity contribution in [1.29, 1.82) is 0 Å². The number of pyridine rings is 1. The fourth-order valence-electron chi connectivity index (χ4n) is 2.00. The fraction of sp³-hybridized carbons (Fsp3) is 0.357. The van der Waals surface area contributed by atoms with E-state index in [1.165, 1.54) is 10.5 Å². The van der Waals surface area contributed by atoms with Gasteiger partial charge in [0, 0.05) is 12.3 Å². The van der Waals surface area contributed by atoms with Crippen LogP contribution in [0.5, 0.6) is 0 Å². The number of anilines is 1. The summed E-state index contributed by atoms with van der Waals surface area (Å²) in [5.74, 6) is -0.437. The number of hydrogen-bond donors (Lipinski definition) is 2. The first-order valence-electron chi connectivity index (χ1n) is 6.45. The van der Waals surface area contributed by atoms with Gasteiger partial charge < -0.3 is 10.4 Å². The van der Waals surface area contributed by atoms with Gasteiger partial charge in [0.25, 0.3) is 5.56 Å². The maximum Gasteiger partial charge on any atom is 0.326 e. The second kappa shape index (κ2) is 5.73. The maximum atomic E-state index is 11.9. The highest BCUT2D eigenvalue weighted by atomic mass is 16.4. The summed E-state index contributed by atoms with van der Waals surface area (Å²) < 4.78 is 1.41. The molecule has 0 saturated carbocycles. The highest BCUT2D eigenvalue weighted by Gasteiger charge is 2.19. The molecule has 0 fully saturated rings. The Morgan fingerprint density at radius 1 is 1.45 bits per heavy atom. The second-order valence-electron chi connectivity index (χ2n) is 5.07. The van der Waals surface area contributed by atoms with Gasteiger partial charge in [-0.05, 0) is 24.5 Å². The molecule has 0 aliphatic heterocycles. The van der Waals surface area contributed by atoms with E-state index in [9.17, 15) is 14.7 Å². The molecule has 2 N–H and O–H groups in total. The molecule has 0 radical (unpaired) electrons. The van der Waals surface area contributed by atoms with Gasteiger partial charge in [0.15, 0.2) is 0 Å². The van der Waals surface area contributed by atoms with E-state index in [0.29, 0.717) is 12.1 Å². The van der Waals surface area contributed by atoms with Crippen molar-refractivity contribution in [3.05, 3.63) is 40.8 Å². The summed E-state index contributed by atoms with van der Waals surface area (Å²) in [6.07, 6.45) is 2.09. The van der Waals surface area contributed by atoms with E-state index >= 15 is 0 Å². The van der Waals surface area contributed by atoms with Gasteiger partial charge in [-0.25, -0.2) is 9.78 Å². The van der Waals surface area contributed by atoms with Gasteiger partial charge in [-0.2, -0.15) is 0 Å². The van der Waals surface area contributed by atoms with Gasteiger partial charge in [-0.15, -0.1) is 0 Å². The van der Waals surface area contributed by atoms with Crippen LogP contribution >= 0.6 is 0 Å². The molecular formula is C14H17N3O3. The van der Waals surface area contributed by atoms with Crippen LogP contribution in [0.2, 0.25) is 0 Å². The number of fused-ring (bicyclic) bond motifs is 1. The Kier molecular flexibility index (Phi) is 4.02. The largest absolute Gasteiger partial charge is 0.480 e. The van der Waals surface area contributed by atoms with Crippen molar-refractivity contribution in [2.75, 3.05) is 5.32 Å². The zero-order valence-electron chi connectivity index (χ0n) is 11.4. The van der Waals surface area contributed by atoms with Crippen molar-refractivity contribution >= 4 is 17.4 Å². The molecule has 0 aliphatic rings. The van der Waals surface area contributed by atoms with E-state index in [4.69, 9.17) is 0 Å². The normalized spacial score (nSPS) is 12.6. The van der Waals surface area contributed by atoms with Crippen LogP contribution in [-0.2, 0) is 4.79 Å². The van der Waals surface area contributed by atoms with Gasteiger partial charge >= 0.3 is 5.97 Å². The molecule has 0 aliphatic carbocycles. The third-order valence-corrected chi connectivity index (χ3v) is 2.90. The number of nitrogens with zero attached hydrogens (tertiary/aromatic N) is 2. The summed E-state index contributed by atoms with van der Waals surface area (Å²) in [6.45, 7) is 3.89. The van der Waals surface area contributed by atoms with Gasteiger partial charge in [-0.1, -0.05) is 19.9 Å². The van der Waals surface area contributed by atoms with E-state index in [0.717, 1.165) is 0 Å². The maximum absolute atomic E-state index is 11.9. The number of nitrogens with one attached hydrogen (secondary N) is 1. The Morgan fingerprint density at radius 2 is 2.20 bits per heavy atom. The van der Waals surface area contributed by atoms with Gasteiger partial charge in [0.1, 0.15) is 17.5 Å². The molecule has 2 aromatic heterocycles. The SMILES string of the molecule is CC(C)C[C@H](Nc1cc(=O)n2ccccc2n1)C(=O)O. The lowest BCUT2D eigenvalue weighted by Gasteiger charge is -2.17. The summed E-state index contributed by atoms with van der Waals surface area (Å²) in [4.78, 5) is 27.4. The Balaban J connectivity index is 2.33. The number of carboxylic acid groups (broad SMARTS) is 1. The van der Waals surface area contributed by atoms with Gasteiger partial charge in [0.05, 0.1) is 0 Å². The molecule has 1 atom stereocenters. The van der Waals surface area contributed by atoms with E-state index in [-0.39, 0.29) is 17.3 Å². The average Bonchev–Trinajstić information content (AvgIpc) is 2.37. The molecule has 0 saturated heterocycles. The lowest BCUT2D eigenvalue weighted by Crippen LogP contribution is -2.32. The van der Waals surface area contributed by atoms with Crippen LogP contribution in [0.15, 0.2) is 35.3 Å². The summed E-state index contributed by atoms with van der Waals surface area (Å²) in [7, 11) is 0. The highest BCUT2D eigenvalue weighted by molar-refractivity contribution is 5.76. The van der Waals surface area contributed by atoms with Crippen LogP contribution in [-0.4, -0.2) is 26.5 Å². The molecule has 6 heteroatoms. The number of aliphatic carboxylic acids is 1. The van der Waals surface area contributed by atoms with E-state index < -0.39 is 12.0 Å². The Hall–Kier alpha value is -2.37. The van der Waals surface area contributed by atoms with Crippen molar-refractivity contribution in [2.24, 2.45) is 5.92 Å². The van der Waals surface area contributed by atoms with Gasteiger partial charge in [0.2, 0.25) is 0 Å². The van der Waals surface area contributed by atoms with Crippen LogP contribution in [0.1, 0.15) is 20.3 Å². The van der Waals surface area contributed by atoms with Crippen LogP contribution in [0.4, 0.5) is 5.82 Å². The number of rotatable bonds is 5. The molecule has 0 amide bonds. The monoisotopic (exact) mass is 275 g/mol. The molecule has 20 heavy (non-hydrogen) atoms. The van der Waals surface area contributed by atoms with Crippen molar-refractivity contribution in [3.8, 4) is 0 Å². The van der Waals surface area contributed by atoms with E-state index in [1.54, 1.807) is 24.4 Å². The van der Waals surface area contributed by atoms with Crippen LogP contribution in [0, 0.1) is 5.92 Å². The third kappa shape index (κ3) is 3.14. The van der Waals surface area contributed by atoms with Crippen LogP contribution in [0.25, 0.3) is 5.65 Å². The zero-order chi connectivity index (χ0) is 14.7. The molecule has 2 heterocycles. The summed E-state index contributed by atoms with van der Waals surface area (Å²) in [6, 6.07) is 5.76. The molecule has 106 valence electrons. The molecule has 0 bridgehead atoms. The number of carboxylic acids is 1. The third-order valence-electron chi connectivity index (χ3n) is 2.90. The van der Waals surface area contributed by atoms with Crippen molar-refractivity contribution in [1.82, 2.24) is 9.38 Å². The molecular weight excluding hydrogens is 258 g/mol. The minimum Gasteiger partial charge on any atom is -0.480 e. The van der Waals surface area contributed by atoms with E-state index in [2.05, 4.69) is 10.3 Å². The molecule has 0 unspecified atom stereocenters. The average molecular weight is 275 g/mol. The number of carbonyl (C=O) groups is 1. The smallest absolute Gasteiger partial charge is 0.326 e. The molecule has 2 aromatic rings. The topological polar surface area (TPSA) is 83.7 Å². The lowest BCUT2D eigenvalue weighted by atomic mass is 10.0. The minimum atomic E-state index is -0.950. The first-order valence-corrected chi connectivity index (χ1v) is 6.45. The van der Waals surface area contributed by atoms with E-state index in [1.807, 2.05) is 13.8 Å². The highest BCUT2D eigenvalue weighted by Crippen LogP contribution is 2.11. The summed E-state index contributed by atoms with van der Waals surface area (Å²) >= 11 is 0. The first kappa shape index (κ1) is 14.0. The second-order valence-corrected chi connectivity index (χ2v) is 5.07. The standard InChI is InChI=1S/C14H17N3O3/c1-9(2)7-10(14(19)20)15-11-8-13(18)17-6-4-3-5-12(17)16-11/h3-6,8-10,15H,7H2,1-2H3,(H,19,20)/t10-/m0/s1. The molecule has 6 nitrogen and oxygen atoms in total. The fourth-order valence-corrected chi connectivity index (χ4v) is 2.00. The first-order chi connectivity index (χ1) is 9.47. The summed E-state index contributed by atoms with van der Waals surface area (Å²) in [5, 5.41) is 12.0. The Morgan fingerprint density at radius 3 is 2.85 bits per heavy atom. The number of aromatic nitrogens is 2. The minimum absolute atomic E-state index is 0.227. The lowest BCUT2D eigenvalue weighted by molar-refractivity contribution is -0.138. The molecule has 0 spiro atoms. The predicted octanol–water partition coefficient (Wildman–Crippen LogP) is 1.61. The molecule has 2 rings (SSSR count). The summed E-state index contributed by atoms with van der Waals surface area (Å²) in [5.41, 5.74) is 0.239. The zero-order valence-corrected chi connectivity index (χ0v) is 11.4. The quantitative estimate of drug-likeness (QED) is 0.866. The Bertz CT molecular complexity index is 679. The van der Waals surface area contributed by atoms with Crippen molar-refractivity contribution in [2.45, 2.75) is 26.3 Å². The number of hydrogen-bond acceptors (Lipinski definition) is 4. The van der Waals surface area contributed by atoms with Crippen molar-refractivity contribution < 1.29 is 9.90 Å². The van der Waals surface area contributed by atoms with Crippen molar-refractivity contribution in [3.63, 3.8) is 0 Å². The molecule has 0 aromatic carbocycles. The van der Waals surface area contributed by atoms with Crippen LogP contribution < -0.4 is 10.9 Å². The van der Waals surface area contributed by atoms with Crippen LogP contribution in [0.3, 0.4) is 0 Å².